The van der Waals surface area contributed by atoms with E-state index in [1.54, 1.807) is 27.8 Å². The van der Waals surface area contributed by atoms with Crippen LogP contribution in [0.1, 0.15) is 19.5 Å². The predicted molar refractivity (Wildman–Crippen MR) is 111 cm³/mol. The maximum Gasteiger partial charge on any atom is 0.308 e. The van der Waals surface area contributed by atoms with Gasteiger partial charge in [-0.2, -0.15) is 10.4 Å². The summed E-state index contributed by atoms with van der Waals surface area (Å²) >= 11 is 0. The number of rotatable bonds is 4. The summed E-state index contributed by atoms with van der Waals surface area (Å²) in [4.78, 5) is 16.2. The number of carbonyl (C=O) groups excluding carboxylic acids is 1. The lowest BCUT2D eigenvalue weighted by Crippen LogP contribution is -2.52. The number of nitrogen functional groups attached to an aromatic ring is 1. The Labute approximate surface area is 170 Å². The van der Waals surface area contributed by atoms with Crippen molar-refractivity contribution in [1.29, 1.82) is 5.26 Å². The fraction of sp³-hybridized carbons (Fsp3) is 0.500. The molecular formula is C16H22B3N5O5. The van der Waals surface area contributed by atoms with Crippen LogP contribution in [0.5, 0.6) is 0 Å². The fourth-order valence-electron chi connectivity index (χ4n) is 3.56. The molecule has 13 heteroatoms. The molecule has 2 aromatic rings. The van der Waals surface area contributed by atoms with Crippen LogP contribution in [-0.4, -0.2) is 78.0 Å². The highest BCUT2D eigenvalue weighted by atomic mass is 16.6. The Morgan fingerprint density at radius 3 is 2.76 bits per heavy atom. The van der Waals surface area contributed by atoms with Gasteiger partial charge in [0.1, 0.15) is 53.7 Å². The van der Waals surface area contributed by atoms with Crippen molar-refractivity contribution in [3.63, 3.8) is 0 Å². The average molecular weight is 397 g/mol. The van der Waals surface area contributed by atoms with Gasteiger partial charge in [-0.1, -0.05) is 19.3 Å². The molecule has 1 saturated heterocycles. The number of ether oxygens (including phenoxy) is 2. The van der Waals surface area contributed by atoms with Crippen LogP contribution in [-0.2, 0) is 19.9 Å². The van der Waals surface area contributed by atoms with Crippen molar-refractivity contribution in [2.45, 2.75) is 43.2 Å². The molecule has 4 N–H and O–H groups in total. The second-order valence-corrected chi connectivity index (χ2v) is 8.16. The van der Waals surface area contributed by atoms with Crippen molar-refractivity contribution in [2.24, 2.45) is 5.92 Å². The van der Waals surface area contributed by atoms with E-state index in [9.17, 15) is 20.3 Å². The summed E-state index contributed by atoms with van der Waals surface area (Å²) < 4.78 is 12.8. The van der Waals surface area contributed by atoms with Gasteiger partial charge in [0.25, 0.3) is 0 Å². The van der Waals surface area contributed by atoms with Crippen molar-refractivity contribution >= 4 is 46.3 Å². The Balaban J connectivity index is 2.18. The summed E-state index contributed by atoms with van der Waals surface area (Å²) in [6.07, 6.45) is -2.79. The molecule has 0 aromatic carbocycles. The highest BCUT2D eigenvalue weighted by molar-refractivity contribution is 6.39. The van der Waals surface area contributed by atoms with Crippen LogP contribution >= 0.6 is 0 Å². The molecule has 4 atom stereocenters. The van der Waals surface area contributed by atoms with Crippen molar-refractivity contribution in [2.75, 3.05) is 5.73 Å². The number of esters is 1. The maximum absolute atomic E-state index is 12.2. The van der Waals surface area contributed by atoms with E-state index < -0.39 is 41.2 Å². The predicted octanol–water partition coefficient (Wildman–Crippen LogP) is -4.47. The summed E-state index contributed by atoms with van der Waals surface area (Å²) in [5, 5.41) is 34.4. The van der Waals surface area contributed by atoms with E-state index in [0.29, 0.717) is 11.0 Å². The maximum atomic E-state index is 12.2. The summed E-state index contributed by atoms with van der Waals surface area (Å²) in [5.74, 6) is -0.847. The van der Waals surface area contributed by atoms with E-state index >= 15 is 0 Å². The average Bonchev–Trinajstić information content (AvgIpc) is 3.12. The molecule has 1 fully saturated rings. The lowest BCUT2D eigenvalue weighted by atomic mass is 9.61. The molecule has 3 rings (SSSR count). The molecule has 0 spiro atoms. The number of nitrogens with zero attached hydrogens (tertiary/aromatic N) is 4. The quantitative estimate of drug-likeness (QED) is 0.342. The number of aliphatic hydroxyl groups excluding tert-OH is 1. The molecule has 2 aromatic heterocycles. The van der Waals surface area contributed by atoms with E-state index in [4.69, 9.17) is 15.2 Å². The highest BCUT2D eigenvalue weighted by Gasteiger charge is 2.62. The summed E-state index contributed by atoms with van der Waals surface area (Å²) in [7, 11) is 4.67. The van der Waals surface area contributed by atoms with Crippen LogP contribution in [0.15, 0.2) is 12.4 Å². The van der Waals surface area contributed by atoms with Gasteiger partial charge in [0, 0.05) is 5.40 Å². The number of aliphatic hydroxyl groups is 2. The van der Waals surface area contributed by atoms with Crippen molar-refractivity contribution < 1.29 is 24.5 Å². The molecule has 1 aliphatic heterocycles. The van der Waals surface area contributed by atoms with Gasteiger partial charge in [0.2, 0.25) is 5.60 Å². The number of nitrogens with two attached hydrogens (primary N) is 1. The van der Waals surface area contributed by atoms with Crippen molar-refractivity contribution in [3.8, 4) is 6.07 Å². The molecule has 3 heterocycles. The van der Waals surface area contributed by atoms with Crippen LogP contribution in [0.25, 0.3) is 5.52 Å². The van der Waals surface area contributed by atoms with Gasteiger partial charge in [-0.15, -0.1) is 0 Å². The fourth-order valence-corrected chi connectivity index (χ4v) is 3.56. The van der Waals surface area contributed by atoms with Gasteiger partial charge in [0.15, 0.2) is 11.9 Å². The first-order valence-corrected chi connectivity index (χ1v) is 9.23. The molecule has 1 aliphatic rings. The second kappa shape index (κ2) is 7.05. The van der Waals surface area contributed by atoms with Gasteiger partial charge < -0.3 is 25.4 Å². The van der Waals surface area contributed by atoms with E-state index in [-0.39, 0.29) is 11.5 Å². The van der Waals surface area contributed by atoms with Crippen LogP contribution in [0.4, 0.5) is 5.82 Å². The van der Waals surface area contributed by atoms with Gasteiger partial charge in [-0.05, 0) is 6.07 Å². The molecule has 1 unspecified atom stereocenters. The normalized spacial score (nSPS) is 27.2. The minimum Gasteiger partial charge on any atom is -0.456 e. The van der Waals surface area contributed by atoms with Gasteiger partial charge in [0.05, 0.1) is 11.6 Å². The number of nitriles is 1. The van der Waals surface area contributed by atoms with E-state index in [2.05, 4.69) is 10.1 Å². The second-order valence-electron chi connectivity index (χ2n) is 8.16. The summed E-state index contributed by atoms with van der Waals surface area (Å²) in [6.45, 7) is 3.29. The molecule has 0 radical (unpaired) electrons. The van der Waals surface area contributed by atoms with E-state index in [0.717, 1.165) is 0 Å². The smallest absolute Gasteiger partial charge is 0.308 e. The van der Waals surface area contributed by atoms with Crippen LogP contribution in [0.3, 0.4) is 0 Å². The number of fused-ring (bicyclic) bond motifs is 1. The Morgan fingerprint density at radius 1 is 1.55 bits per heavy atom. The third-order valence-corrected chi connectivity index (χ3v) is 5.08. The molecule has 150 valence electrons. The van der Waals surface area contributed by atoms with Crippen molar-refractivity contribution in [1.82, 2.24) is 14.6 Å². The van der Waals surface area contributed by atoms with Crippen LogP contribution in [0.2, 0.25) is 0 Å². The largest absolute Gasteiger partial charge is 0.456 e. The Hall–Kier alpha value is -2.55. The molecule has 0 saturated carbocycles. The molecule has 0 aliphatic carbocycles. The lowest BCUT2D eigenvalue weighted by Gasteiger charge is -2.30. The van der Waals surface area contributed by atoms with E-state index in [1.807, 2.05) is 6.07 Å². The summed E-state index contributed by atoms with van der Waals surface area (Å²) in [5.41, 5.74) is 5.33. The third kappa shape index (κ3) is 3.27. The topological polar surface area (TPSA) is 156 Å². The first kappa shape index (κ1) is 21.2. The molecule has 0 amide bonds. The zero-order chi connectivity index (χ0) is 21.7. The number of aromatic nitrogens is 3. The monoisotopic (exact) mass is 397 g/mol. The highest BCUT2D eigenvalue weighted by Crippen LogP contribution is 2.43. The number of hydrogen-bond acceptors (Lipinski definition) is 9. The minimum atomic E-state index is -1.95. The van der Waals surface area contributed by atoms with E-state index in [1.165, 1.54) is 26.5 Å². The SMILES string of the molecule is Bc1cc([C@]2(C#N)OC(C(B)(B)O)[C@@H](OC(=O)C(C)C)[C@H]2O)n2ncnc(N)c12. The first-order chi connectivity index (χ1) is 13.4. The summed E-state index contributed by atoms with van der Waals surface area (Å²) in [6, 6.07) is 3.62. The Kier molecular flexibility index (Phi) is 5.15. The van der Waals surface area contributed by atoms with Gasteiger partial charge in [-0.25, -0.2) is 9.50 Å². The zero-order valence-corrected chi connectivity index (χ0v) is 16.9. The number of anilines is 1. The molecule has 0 bridgehead atoms. The van der Waals surface area contributed by atoms with Crippen LogP contribution in [0, 0.1) is 17.2 Å². The van der Waals surface area contributed by atoms with Crippen molar-refractivity contribution in [3.05, 3.63) is 18.1 Å². The van der Waals surface area contributed by atoms with Gasteiger partial charge in [-0.3, -0.25) is 4.79 Å². The molecule has 29 heavy (non-hydrogen) atoms. The standard InChI is InChI=1S/C16H22B3N5O5/c1-6(2)14(26)28-10-11(25)15(4-20,29-12(10)16(18,19)27)8-3-7(17)9-13(21)22-5-23-24(8)9/h3,5-6,10-12,25,27H,17-19H2,1-2H3,(H2,21,22,23)/t10-,11+,12?,15-/m0/s1. The molecule has 10 nitrogen and oxygen atoms in total. The zero-order valence-electron chi connectivity index (χ0n) is 16.9. The minimum absolute atomic E-state index is 0.200. The number of carbonyl (C=O) groups is 1. The first-order valence-electron chi connectivity index (χ1n) is 9.23. The van der Waals surface area contributed by atoms with Crippen LogP contribution < -0.4 is 11.2 Å². The Bertz CT molecular complexity index is 1000. The van der Waals surface area contributed by atoms with Gasteiger partial charge >= 0.3 is 5.97 Å². The lowest BCUT2D eigenvalue weighted by molar-refractivity contribution is -0.162. The Morgan fingerprint density at radius 2 is 2.21 bits per heavy atom. The molecular weight excluding hydrogens is 375 g/mol. The third-order valence-electron chi connectivity index (χ3n) is 5.08. The number of hydrogen-bond donors (Lipinski definition) is 3.